The molecule has 0 aliphatic heterocycles. The second-order valence-corrected chi connectivity index (χ2v) is 5.68. The Labute approximate surface area is 128 Å². The molecule has 0 atom stereocenters. The quantitative estimate of drug-likeness (QED) is 0.741. The molecule has 3 aromatic rings. The van der Waals surface area contributed by atoms with Gasteiger partial charge in [0.15, 0.2) is 5.82 Å². The molecule has 1 aromatic carbocycles. The third kappa shape index (κ3) is 3.28. The first-order chi connectivity index (χ1) is 10.4. The van der Waals surface area contributed by atoms with E-state index in [4.69, 9.17) is 4.98 Å². The molecule has 0 amide bonds. The van der Waals surface area contributed by atoms with Crippen molar-refractivity contribution in [2.45, 2.75) is 13.3 Å². The summed E-state index contributed by atoms with van der Waals surface area (Å²) < 4.78 is 0. The van der Waals surface area contributed by atoms with Crippen LogP contribution >= 0.6 is 11.3 Å². The summed E-state index contributed by atoms with van der Waals surface area (Å²) in [7, 11) is 0. The van der Waals surface area contributed by atoms with Gasteiger partial charge in [0.05, 0.1) is 10.6 Å². The molecular formula is C17H17N3S. The number of rotatable bonds is 5. The highest BCUT2D eigenvalue weighted by molar-refractivity contribution is 7.13. The van der Waals surface area contributed by atoms with Crippen molar-refractivity contribution in [1.29, 1.82) is 0 Å². The molecule has 106 valence electrons. The van der Waals surface area contributed by atoms with E-state index in [1.54, 1.807) is 11.3 Å². The Morgan fingerprint density at radius 2 is 1.90 bits per heavy atom. The number of nitrogens with zero attached hydrogens (tertiary/aromatic N) is 2. The molecule has 0 aliphatic carbocycles. The van der Waals surface area contributed by atoms with Crippen molar-refractivity contribution in [2.75, 3.05) is 11.9 Å². The fourth-order valence-electron chi connectivity index (χ4n) is 2.06. The van der Waals surface area contributed by atoms with E-state index in [9.17, 15) is 0 Å². The van der Waals surface area contributed by atoms with E-state index in [0.717, 1.165) is 40.7 Å². The summed E-state index contributed by atoms with van der Waals surface area (Å²) in [6.07, 6.45) is 1.07. The van der Waals surface area contributed by atoms with Gasteiger partial charge in [0.25, 0.3) is 0 Å². The van der Waals surface area contributed by atoms with Gasteiger partial charge in [-0.05, 0) is 17.9 Å². The van der Waals surface area contributed by atoms with Gasteiger partial charge >= 0.3 is 0 Å². The van der Waals surface area contributed by atoms with E-state index in [0.29, 0.717) is 0 Å². The highest BCUT2D eigenvalue weighted by Gasteiger charge is 2.08. The Morgan fingerprint density at radius 3 is 2.62 bits per heavy atom. The van der Waals surface area contributed by atoms with Gasteiger partial charge in [0.1, 0.15) is 5.82 Å². The van der Waals surface area contributed by atoms with Crippen LogP contribution in [0.5, 0.6) is 0 Å². The van der Waals surface area contributed by atoms with E-state index >= 15 is 0 Å². The monoisotopic (exact) mass is 295 g/mol. The Balaban J connectivity index is 2.05. The normalized spacial score (nSPS) is 10.5. The van der Waals surface area contributed by atoms with Gasteiger partial charge in [-0.3, -0.25) is 0 Å². The van der Waals surface area contributed by atoms with Crippen molar-refractivity contribution in [3.05, 3.63) is 53.9 Å². The summed E-state index contributed by atoms with van der Waals surface area (Å²) in [4.78, 5) is 10.5. The van der Waals surface area contributed by atoms with Gasteiger partial charge in [0.2, 0.25) is 0 Å². The van der Waals surface area contributed by atoms with E-state index in [2.05, 4.69) is 28.7 Å². The van der Waals surface area contributed by atoms with E-state index in [1.165, 1.54) is 0 Å². The minimum Gasteiger partial charge on any atom is -0.370 e. The first-order valence-electron chi connectivity index (χ1n) is 7.09. The SMILES string of the molecule is CCCNc1cc(-c2cccs2)nc(-c2ccccc2)n1. The second-order valence-electron chi connectivity index (χ2n) is 4.73. The maximum Gasteiger partial charge on any atom is 0.162 e. The number of hydrogen-bond acceptors (Lipinski definition) is 4. The molecule has 0 radical (unpaired) electrons. The second kappa shape index (κ2) is 6.50. The van der Waals surface area contributed by atoms with Crippen molar-refractivity contribution in [3.8, 4) is 22.0 Å². The standard InChI is InChI=1S/C17H17N3S/c1-2-10-18-16-12-14(15-9-6-11-21-15)19-17(20-16)13-7-4-3-5-8-13/h3-9,11-12H,2,10H2,1H3,(H,18,19,20). The summed E-state index contributed by atoms with van der Waals surface area (Å²) in [5.74, 6) is 1.65. The molecule has 1 N–H and O–H groups in total. The fraction of sp³-hybridized carbons (Fsp3) is 0.176. The summed E-state index contributed by atoms with van der Waals surface area (Å²) in [5.41, 5.74) is 2.01. The molecule has 3 nitrogen and oxygen atoms in total. The molecule has 21 heavy (non-hydrogen) atoms. The van der Waals surface area contributed by atoms with E-state index in [1.807, 2.05) is 42.5 Å². The number of hydrogen-bond donors (Lipinski definition) is 1. The van der Waals surface area contributed by atoms with Crippen LogP contribution < -0.4 is 5.32 Å². The molecule has 2 heterocycles. The topological polar surface area (TPSA) is 37.8 Å². The van der Waals surface area contributed by atoms with Crippen LogP contribution in [0.15, 0.2) is 53.9 Å². The zero-order valence-electron chi connectivity index (χ0n) is 11.9. The largest absolute Gasteiger partial charge is 0.370 e. The Hall–Kier alpha value is -2.20. The molecule has 0 fully saturated rings. The number of thiophene rings is 1. The minimum atomic E-state index is 0.764. The predicted molar refractivity (Wildman–Crippen MR) is 89.6 cm³/mol. The smallest absolute Gasteiger partial charge is 0.162 e. The lowest BCUT2D eigenvalue weighted by Gasteiger charge is -2.09. The van der Waals surface area contributed by atoms with Crippen molar-refractivity contribution in [3.63, 3.8) is 0 Å². The summed E-state index contributed by atoms with van der Waals surface area (Å²) in [6, 6.07) is 16.3. The molecule has 2 aromatic heterocycles. The third-order valence-electron chi connectivity index (χ3n) is 3.09. The van der Waals surface area contributed by atoms with Gasteiger partial charge in [-0.2, -0.15) is 0 Å². The van der Waals surface area contributed by atoms with Crippen LogP contribution in [0.1, 0.15) is 13.3 Å². The van der Waals surface area contributed by atoms with Gasteiger partial charge in [-0.25, -0.2) is 9.97 Å². The number of aromatic nitrogens is 2. The van der Waals surface area contributed by atoms with Crippen molar-refractivity contribution < 1.29 is 0 Å². The molecule has 0 saturated carbocycles. The van der Waals surface area contributed by atoms with Crippen LogP contribution in [-0.2, 0) is 0 Å². The van der Waals surface area contributed by atoms with E-state index in [-0.39, 0.29) is 0 Å². The Kier molecular flexibility index (Phi) is 4.26. The van der Waals surface area contributed by atoms with Crippen LogP contribution in [-0.4, -0.2) is 16.5 Å². The van der Waals surface area contributed by atoms with Gasteiger partial charge < -0.3 is 5.32 Å². The average Bonchev–Trinajstić information content (AvgIpc) is 3.08. The van der Waals surface area contributed by atoms with Crippen molar-refractivity contribution in [1.82, 2.24) is 9.97 Å². The van der Waals surface area contributed by atoms with E-state index < -0.39 is 0 Å². The number of benzene rings is 1. The first-order valence-corrected chi connectivity index (χ1v) is 7.97. The number of nitrogens with one attached hydrogen (secondary N) is 1. The number of anilines is 1. The molecule has 3 rings (SSSR count). The van der Waals surface area contributed by atoms with Crippen LogP contribution in [0.25, 0.3) is 22.0 Å². The molecule has 0 bridgehead atoms. The molecule has 4 heteroatoms. The molecular weight excluding hydrogens is 278 g/mol. The first kappa shape index (κ1) is 13.8. The lowest BCUT2D eigenvalue weighted by Crippen LogP contribution is -2.04. The molecule has 0 unspecified atom stereocenters. The Bertz CT molecular complexity index is 693. The predicted octanol–water partition coefficient (Wildman–Crippen LogP) is 4.69. The van der Waals surface area contributed by atoms with Gasteiger partial charge in [-0.15, -0.1) is 11.3 Å². The molecule has 0 saturated heterocycles. The van der Waals surface area contributed by atoms with Crippen LogP contribution in [0.4, 0.5) is 5.82 Å². The van der Waals surface area contributed by atoms with Crippen LogP contribution in [0.3, 0.4) is 0 Å². The maximum atomic E-state index is 4.71. The Morgan fingerprint density at radius 1 is 1.05 bits per heavy atom. The molecule has 0 aliphatic rings. The lowest BCUT2D eigenvalue weighted by atomic mass is 10.2. The van der Waals surface area contributed by atoms with Crippen molar-refractivity contribution in [2.24, 2.45) is 0 Å². The lowest BCUT2D eigenvalue weighted by molar-refractivity contribution is 0.966. The van der Waals surface area contributed by atoms with Crippen molar-refractivity contribution >= 4 is 17.2 Å². The zero-order valence-corrected chi connectivity index (χ0v) is 12.7. The highest BCUT2D eigenvalue weighted by Crippen LogP contribution is 2.27. The minimum absolute atomic E-state index is 0.764. The highest BCUT2D eigenvalue weighted by atomic mass is 32.1. The average molecular weight is 295 g/mol. The molecule has 0 spiro atoms. The third-order valence-corrected chi connectivity index (χ3v) is 3.98. The fourth-order valence-corrected chi connectivity index (χ4v) is 2.74. The summed E-state index contributed by atoms with van der Waals surface area (Å²) in [6.45, 7) is 3.06. The van der Waals surface area contributed by atoms with Gasteiger partial charge in [0, 0.05) is 18.2 Å². The maximum absolute atomic E-state index is 4.71. The zero-order chi connectivity index (χ0) is 14.5. The van der Waals surface area contributed by atoms with Gasteiger partial charge in [-0.1, -0.05) is 43.3 Å². The van der Waals surface area contributed by atoms with Crippen LogP contribution in [0.2, 0.25) is 0 Å². The summed E-state index contributed by atoms with van der Waals surface area (Å²) in [5, 5.41) is 5.43. The van der Waals surface area contributed by atoms with Crippen LogP contribution in [0, 0.1) is 0 Å². The summed E-state index contributed by atoms with van der Waals surface area (Å²) >= 11 is 1.69.